The molecule has 0 bridgehead atoms. The molecule has 2 atom stereocenters. The van der Waals surface area contributed by atoms with Crippen molar-refractivity contribution in [3.05, 3.63) is 29.8 Å². The number of hydrogen-bond acceptors (Lipinski definition) is 3. The Morgan fingerprint density at radius 1 is 1.45 bits per heavy atom. The number of hydrogen-bond donors (Lipinski definition) is 1. The Labute approximate surface area is 123 Å². The van der Waals surface area contributed by atoms with E-state index >= 15 is 0 Å². The highest BCUT2D eigenvalue weighted by atomic mass is 16.5. The summed E-state index contributed by atoms with van der Waals surface area (Å²) >= 11 is 0. The molecule has 1 aromatic rings. The predicted octanol–water partition coefficient (Wildman–Crippen LogP) is 3.37. The first-order valence-corrected chi connectivity index (χ1v) is 7.79. The smallest absolute Gasteiger partial charge is 0.0713 e. The number of benzene rings is 1. The number of nitrogens with one attached hydrogen (secondary N) is 1. The van der Waals surface area contributed by atoms with Gasteiger partial charge in [-0.2, -0.15) is 0 Å². The first-order chi connectivity index (χ1) is 9.72. The zero-order valence-electron chi connectivity index (χ0n) is 13.1. The second-order valence-electron chi connectivity index (χ2n) is 5.86. The van der Waals surface area contributed by atoms with Crippen LogP contribution in [0.4, 0.5) is 5.69 Å². The second kappa shape index (κ2) is 7.65. The maximum atomic E-state index is 5.20. The molecule has 3 nitrogen and oxygen atoms in total. The van der Waals surface area contributed by atoms with Crippen molar-refractivity contribution < 1.29 is 4.74 Å². The van der Waals surface area contributed by atoms with Crippen LogP contribution in [0.2, 0.25) is 0 Å². The Morgan fingerprint density at radius 2 is 2.30 bits per heavy atom. The SMILES string of the molecule is CCN1CCCC(C(C)Nc2cccc(COC)c2)C1. The van der Waals surface area contributed by atoms with E-state index in [0.717, 1.165) is 5.92 Å². The van der Waals surface area contributed by atoms with Gasteiger partial charge in [0, 0.05) is 25.4 Å². The number of rotatable bonds is 6. The molecule has 1 aliphatic rings. The minimum absolute atomic E-state index is 0.516. The summed E-state index contributed by atoms with van der Waals surface area (Å²) in [4.78, 5) is 2.56. The van der Waals surface area contributed by atoms with Crippen molar-refractivity contribution >= 4 is 5.69 Å². The normalized spacial score (nSPS) is 21.6. The molecule has 1 aromatic carbocycles. The predicted molar refractivity (Wildman–Crippen MR) is 85.1 cm³/mol. The minimum atomic E-state index is 0.516. The standard InChI is InChI=1S/C17H28N2O/c1-4-19-10-6-8-16(12-19)14(2)18-17-9-5-7-15(11-17)13-20-3/h5,7,9,11,14,16,18H,4,6,8,10,12-13H2,1-3H3. The molecular formula is C17H28N2O. The average molecular weight is 276 g/mol. The van der Waals surface area contributed by atoms with Crippen LogP contribution in [-0.2, 0) is 11.3 Å². The molecule has 2 rings (SSSR count). The monoisotopic (exact) mass is 276 g/mol. The highest BCUT2D eigenvalue weighted by molar-refractivity contribution is 5.46. The highest BCUT2D eigenvalue weighted by Crippen LogP contribution is 2.22. The fourth-order valence-corrected chi connectivity index (χ4v) is 3.08. The Morgan fingerprint density at radius 3 is 3.05 bits per heavy atom. The maximum absolute atomic E-state index is 5.20. The van der Waals surface area contributed by atoms with E-state index in [1.807, 2.05) is 0 Å². The van der Waals surface area contributed by atoms with Crippen LogP contribution in [0.25, 0.3) is 0 Å². The van der Waals surface area contributed by atoms with Gasteiger partial charge in [-0.25, -0.2) is 0 Å². The van der Waals surface area contributed by atoms with Gasteiger partial charge in [0.25, 0.3) is 0 Å². The fraction of sp³-hybridized carbons (Fsp3) is 0.647. The van der Waals surface area contributed by atoms with E-state index in [2.05, 4.69) is 48.3 Å². The summed E-state index contributed by atoms with van der Waals surface area (Å²) in [5.74, 6) is 0.745. The fourth-order valence-electron chi connectivity index (χ4n) is 3.08. The van der Waals surface area contributed by atoms with Gasteiger partial charge in [-0.1, -0.05) is 19.1 Å². The van der Waals surface area contributed by atoms with E-state index in [-0.39, 0.29) is 0 Å². The van der Waals surface area contributed by atoms with Gasteiger partial charge >= 0.3 is 0 Å². The third-order valence-corrected chi connectivity index (χ3v) is 4.33. The summed E-state index contributed by atoms with van der Waals surface area (Å²) in [6.07, 6.45) is 2.66. The van der Waals surface area contributed by atoms with Crippen LogP contribution in [0.5, 0.6) is 0 Å². The van der Waals surface area contributed by atoms with E-state index in [1.165, 1.54) is 43.7 Å². The van der Waals surface area contributed by atoms with E-state index in [4.69, 9.17) is 4.74 Å². The van der Waals surface area contributed by atoms with E-state index in [0.29, 0.717) is 12.6 Å². The van der Waals surface area contributed by atoms with Gasteiger partial charge in [-0.3, -0.25) is 0 Å². The molecule has 0 aliphatic carbocycles. The minimum Gasteiger partial charge on any atom is -0.382 e. The molecule has 0 spiro atoms. The number of likely N-dealkylation sites (tertiary alicyclic amines) is 1. The molecule has 2 unspecified atom stereocenters. The van der Waals surface area contributed by atoms with Crippen LogP contribution in [0.15, 0.2) is 24.3 Å². The molecule has 20 heavy (non-hydrogen) atoms. The zero-order chi connectivity index (χ0) is 14.4. The molecule has 1 aliphatic heterocycles. The first-order valence-electron chi connectivity index (χ1n) is 7.79. The van der Waals surface area contributed by atoms with Crippen LogP contribution in [0.3, 0.4) is 0 Å². The molecular weight excluding hydrogens is 248 g/mol. The van der Waals surface area contributed by atoms with Crippen molar-refractivity contribution in [2.24, 2.45) is 5.92 Å². The molecule has 1 fully saturated rings. The highest BCUT2D eigenvalue weighted by Gasteiger charge is 2.23. The van der Waals surface area contributed by atoms with E-state index < -0.39 is 0 Å². The number of methoxy groups -OCH3 is 1. The van der Waals surface area contributed by atoms with Gasteiger partial charge in [0.15, 0.2) is 0 Å². The molecule has 112 valence electrons. The van der Waals surface area contributed by atoms with Crippen LogP contribution in [0.1, 0.15) is 32.3 Å². The quantitative estimate of drug-likeness (QED) is 0.862. The Bertz CT molecular complexity index is 408. The Kier molecular flexibility index (Phi) is 5.86. The van der Waals surface area contributed by atoms with Crippen LogP contribution in [0, 0.1) is 5.92 Å². The second-order valence-corrected chi connectivity index (χ2v) is 5.86. The van der Waals surface area contributed by atoms with Gasteiger partial charge in [0.1, 0.15) is 0 Å². The largest absolute Gasteiger partial charge is 0.382 e. The molecule has 1 N–H and O–H groups in total. The number of anilines is 1. The lowest BCUT2D eigenvalue weighted by Gasteiger charge is -2.35. The first kappa shape index (κ1) is 15.3. The van der Waals surface area contributed by atoms with Gasteiger partial charge in [0.05, 0.1) is 6.61 Å². The summed E-state index contributed by atoms with van der Waals surface area (Å²) in [5.41, 5.74) is 2.43. The van der Waals surface area contributed by atoms with Crippen molar-refractivity contribution in [3.8, 4) is 0 Å². The van der Waals surface area contributed by atoms with Crippen molar-refractivity contribution in [3.63, 3.8) is 0 Å². The summed E-state index contributed by atoms with van der Waals surface area (Å²) < 4.78 is 5.20. The van der Waals surface area contributed by atoms with E-state index in [9.17, 15) is 0 Å². The van der Waals surface area contributed by atoms with Crippen LogP contribution in [-0.4, -0.2) is 37.7 Å². The molecule has 1 heterocycles. The molecule has 1 saturated heterocycles. The number of nitrogens with zero attached hydrogens (tertiary/aromatic N) is 1. The lowest BCUT2D eigenvalue weighted by atomic mass is 9.91. The third kappa shape index (κ3) is 4.22. The summed E-state index contributed by atoms with van der Waals surface area (Å²) in [6, 6.07) is 9.07. The maximum Gasteiger partial charge on any atom is 0.0713 e. The van der Waals surface area contributed by atoms with Crippen LogP contribution >= 0.6 is 0 Å². The molecule has 0 saturated carbocycles. The van der Waals surface area contributed by atoms with Crippen molar-refractivity contribution in [2.45, 2.75) is 39.3 Å². The lowest BCUT2D eigenvalue weighted by molar-refractivity contribution is 0.172. The third-order valence-electron chi connectivity index (χ3n) is 4.33. The Balaban J connectivity index is 1.93. The van der Waals surface area contributed by atoms with Gasteiger partial charge in [-0.05, 0) is 56.5 Å². The summed E-state index contributed by atoms with van der Waals surface area (Å²) in [5, 5.41) is 3.67. The van der Waals surface area contributed by atoms with Gasteiger partial charge in [0.2, 0.25) is 0 Å². The molecule has 0 radical (unpaired) electrons. The van der Waals surface area contributed by atoms with Gasteiger partial charge in [-0.15, -0.1) is 0 Å². The topological polar surface area (TPSA) is 24.5 Å². The zero-order valence-corrected chi connectivity index (χ0v) is 13.1. The molecule has 0 amide bonds. The van der Waals surface area contributed by atoms with Crippen LogP contribution < -0.4 is 5.32 Å². The van der Waals surface area contributed by atoms with Crippen molar-refractivity contribution in [1.29, 1.82) is 0 Å². The number of piperidine rings is 1. The van der Waals surface area contributed by atoms with Gasteiger partial charge < -0.3 is 15.0 Å². The molecule has 0 aromatic heterocycles. The van der Waals surface area contributed by atoms with E-state index in [1.54, 1.807) is 7.11 Å². The molecule has 3 heteroatoms. The summed E-state index contributed by atoms with van der Waals surface area (Å²) in [6.45, 7) is 8.91. The lowest BCUT2D eigenvalue weighted by Crippen LogP contribution is -2.41. The average Bonchev–Trinajstić information content (AvgIpc) is 2.48. The number of ether oxygens (including phenoxy) is 1. The Hall–Kier alpha value is -1.06. The van der Waals surface area contributed by atoms with Crippen molar-refractivity contribution in [2.75, 3.05) is 32.1 Å². The summed E-state index contributed by atoms with van der Waals surface area (Å²) in [7, 11) is 1.74. The van der Waals surface area contributed by atoms with Crippen molar-refractivity contribution in [1.82, 2.24) is 4.90 Å².